The molecular weight excluding hydrogens is 356 g/mol. The molecule has 1 atom stereocenters. The number of rotatable bonds is 5. The van der Waals surface area contributed by atoms with Crippen LogP contribution in [-0.4, -0.2) is 72.8 Å². The Morgan fingerprint density at radius 1 is 1.11 bits per heavy atom. The lowest BCUT2D eigenvalue weighted by molar-refractivity contribution is -0.123. The van der Waals surface area contributed by atoms with Gasteiger partial charge < -0.3 is 15.1 Å². The van der Waals surface area contributed by atoms with Gasteiger partial charge >= 0.3 is 0 Å². The summed E-state index contributed by atoms with van der Waals surface area (Å²) < 4.78 is 0. The lowest BCUT2D eigenvalue weighted by atomic mass is 10.1. The van der Waals surface area contributed by atoms with Crippen LogP contribution in [-0.2, 0) is 16.0 Å². The van der Waals surface area contributed by atoms with Crippen LogP contribution in [0.2, 0.25) is 0 Å². The van der Waals surface area contributed by atoms with Crippen molar-refractivity contribution in [1.29, 1.82) is 0 Å². The quantitative estimate of drug-likeness (QED) is 0.827. The number of hydrogen-bond donors (Lipinski definition) is 1. The second-order valence-electron chi connectivity index (χ2n) is 7.71. The molecule has 152 valence electrons. The molecule has 0 aromatic heterocycles. The molecule has 1 saturated heterocycles. The topological polar surface area (TPSA) is 73.0 Å². The van der Waals surface area contributed by atoms with Gasteiger partial charge in [-0.05, 0) is 43.5 Å². The molecule has 1 aromatic rings. The number of carbonyl (C=O) groups is 3. The molecule has 0 aliphatic carbocycles. The lowest BCUT2D eigenvalue weighted by Gasteiger charge is -2.34. The fourth-order valence-electron chi connectivity index (χ4n) is 3.78. The first kappa shape index (κ1) is 20.3. The first-order valence-corrected chi connectivity index (χ1v) is 10.1. The summed E-state index contributed by atoms with van der Waals surface area (Å²) in [5, 5.41) is 2.98. The van der Waals surface area contributed by atoms with E-state index in [9.17, 15) is 14.4 Å². The first-order chi connectivity index (χ1) is 13.4. The molecule has 2 heterocycles. The summed E-state index contributed by atoms with van der Waals surface area (Å²) in [6.45, 7) is 9.30. The molecule has 1 unspecified atom stereocenters. The van der Waals surface area contributed by atoms with Crippen molar-refractivity contribution in [3.63, 3.8) is 0 Å². The number of nitrogens with zero attached hydrogens (tertiary/aromatic N) is 3. The highest BCUT2D eigenvalue weighted by molar-refractivity contribution is 5.98. The average Bonchev–Trinajstić information content (AvgIpc) is 3.11. The number of amides is 3. The highest BCUT2D eigenvalue weighted by Crippen LogP contribution is 2.29. The maximum absolute atomic E-state index is 12.9. The van der Waals surface area contributed by atoms with Crippen molar-refractivity contribution < 1.29 is 14.4 Å². The van der Waals surface area contributed by atoms with E-state index in [1.165, 1.54) is 0 Å². The molecule has 3 amide bonds. The van der Waals surface area contributed by atoms with Gasteiger partial charge in [-0.15, -0.1) is 0 Å². The van der Waals surface area contributed by atoms with Crippen molar-refractivity contribution in [3.8, 4) is 0 Å². The fraction of sp³-hybridized carbons (Fsp3) is 0.571. The smallest absolute Gasteiger partial charge is 0.253 e. The Kier molecular flexibility index (Phi) is 6.34. The molecule has 7 heteroatoms. The Labute approximate surface area is 166 Å². The van der Waals surface area contributed by atoms with E-state index < -0.39 is 0 Å². The van der Waals surface area contributed by atoms with Crippen LogP contribution in [0.25, 0.3) is 0 Å². The summed E-state index contributed by atoms with van der Waals surface area (Å²) in [4.78, 5) is 42.3. The predicted molar refractivity (Wildman–Crippen MR) is 108 cm³/mol. The van der Waals surface area contributed by atoms with Crippen LogP contribution in [0, 0.1) is 0 Å². The van der Waals surface area contributed by atoms with Crippen LogP contribution >= 0.6 is 0 Å². The molecule has 1 aromatic carbocycles. The number of hydrogen-bond acceptors (Lipinski definition) is 4. The van der Waals surface area contributed by atoms with Crippen molar-refractivity contribution in [2.24, 2.45) is 0 Å². The van der Waals surface area contributed by atoms with Gasteiger partial charge in [0.15, 0.2) is 0 Å². The normalized spacial score (nSPS) is 18.0. The number of anilines is 1. The zero-order valence-corrected chi connectivity index (χ0v) is 17.0. The van der Waals surface area contributed by atoms with Crippen LogP contribution < -0.4 is 10.2 Å². The summed E-state index contributed by atoms with van der Waals surface area (Å²) in [7, 11) is 0. The van der Waals surface area contributed by atoms with Gasteiger partial charge in [-0.3, -0.25) is 19.3 Å². The minimum Gasteiger partial charge on any atom is -0.353 e. The third-order valence-electron chi connectivity index (χ3n) is 5.65. The van der Waals surface area contributed by atoms with Gasteiger partial charge in [0.25, 0.3) is 5.91 Å². The van der Waals surface area contributed by atoms with E-state index in [0.29, 0.717) is 44.8 Å². The van der Waals surface area contributed by atoms with Gasteiger partial charge in [0.2, 0.25) is 11.8 Å². The van der Waals surface area contributed by atoms with E-state index >= 15 is 0 Å². The van der Waals surface area contributed by atoms with E-state index in [1.54, 1.807) is 11.8 Å². The van der Waals surface area contributed by atoms with Crippen LogP contribution in [0.3, 0.4) is 0 Å². The Bertz CT molecular complexity index is 756. The molecule has 3 rings (SSSR count). The summed E-state index contributed by atoms with van der Waals surface area (Å²) in [5.41, 5.74) is 2.65. The zero-order chi connectivity index (χ0) is 20.3. The van der Waals surface area contributed by atoms with Crippen molar-refractivity contribution in [1.82, 2.24) is 15.1 Å². The standard InChI is InChI=1S/C21H30N4O3/c1-4-15(2)22-20(27)14-23-9-11-24(12-10-23)21(28)18-5-6-19-17(13-18)7-8-25(19)16(3)26/h5-6,13,15H,4,7-12,14H2,1-3H3,(H,22,27). The van der Waals surface area contributed by atoms with Crippen molar-refractivity contribution in [3.05, 3.63) is 29.3 Å². The van der Waals surface area contributed by atoms with Gasteiger partial charge in [0.1, 0.15) is 0 Å². The predicted octanol–water partition coefficient (Wildman–Crippen LogP) is 1.27. The molecule has 7 nitrogen and oxygen atoms in total. The molecule has 2 aliphatic heterocycles. The minimum absolute atomic E-state index is 0.0211. The zero-order valence-electron chi connectivity index (χ0n) is 17.0. The molecule has 2 aliphatic rings. The largest absolute Gasteiger partial charge is 0.353 e. The molecule has 0 radical (unpaired) electrons. The third-order valence-corrected chi connectivity index (χ3v) is 5.65. The van der Waals surface area contributed by atoms with Crippen LogP contribution in [0.1, 0.15) is 43.1 Å². The van der Waals surface area contributed by atoms with Gasteiger partial charge in [0, 0.05) is 56.9 Å². The Morgan fingerprint density at radius 3 is 2.46 bits per heavy atom. The summed E-state index contributed by atoms with van der Waals surface area (Å²) in [5.74, 6) is 0.0990. The highest BCUT2D eigenvalue weighted by Gasteiger charge is 2.26. The number of piperazine rings is 1. The van der Waals surface area contributed by atoms with Crippen LogP contribution in [0.4, 0.5) is 5.69 Å². The maximum Gasteiger partial charge on any atom is 0.253 e. The molecule has 0 spiro atoms. The molecular formula is C21H30N4O3. The van der Waals surface area contributed by atoms with Crippen LogP contribution in [0.5, 0.6) is 0 Å². The number of nitrogens with one attached hydrogen (secondary N) is 1. The maximum atomic E-state index is 12.9. The second kappa shape index (κ2) is 8.73. The SMILES string of the molecule is CCC(C)NC(=O)CN1CCN(C(=O)c2ccc3c(c2)CCN3C(C)=O)CC1. The van der Waals surface area contributed by atoms with E-state index in [1.807, 2.05) is 36.9 Å². The van der Waals surface area contributed by atoms with Gasteiger partial charge in [-0.1, -0.05) is 6.92 Å². The summed E-state index contributed by atoms with van der Waals surface area (Å²) >= 11 is 0. The number of fused-ring (bicyclic) bond motifs is 1. The Hall–Kier alpha value is -2.41. The molecule has 0 saturated carbocycles. The fourth-order valence-corrected chi connectivity index (χ4v) is 3.78. The Morgan fingerprint density at radius 2 is 1.82 bits per heavy atom. The minimum atomic E-state index is 0.0211. The summed E-state index contributed by atoms with van der Waals surface area (Å²) in [6.07, 6.45) is 1.70. The Balaban J connectivity index is 1.54. The van der Waals surface area contributed by atoms with E-state index in [2.05, 4.69) is 10.2 Å². The first-order valence-electron chi connectivity index (χ1n) is 10.1. The summed E-state index contributed by atoms with van der Waals surface area (Å²) in [6, 6.07) is 5.81. The van der Waals surface area contributed by atoms with Crippen molar-refractivity contribution >= 4 is 23.4 Å². The molecule has 28 heavy (non-hydrogen) atoms. The van der Waals surface area contributed by atoms with Crippen molar-refractivity contribution in [2.45, 2.75) is 39.7 Å². The van der Waals surface area contributed by atoms with Gasteiger partial charge in [-0.2, -0.15) is 0 Å². The monoisotopic (exact) mass is 386 g/mol. The third kappa shape index (κ3) is 4.52. The highest BCUT2D eigenvalue weighted by atomic mass is 16.2. The molecule has 1 fully saturated rings. The second-order valence-corrected chi connectivity index (χ2v) is 7.71. The number of carbonyl (C=O) groups excluding carboxylic acids is 3. The van der Waals surface area contributed by atoms with Crippen molar-refractivity contribution in [2.75, 3.05) is 44.2 Å². The molecule has 1 N–H and O–H groups in total. The molecule has 0 bridgehead atoms. The van der Waals surface area contributed by atoms with Gasteiger partial charge in [0.05, 0.1) is 6.54 Å². The number of benzene rings is 1. The van der Waals surface area contributed by atoms with E-state index in [4.69, 9.17) is 0 Å². The van der Waals surface area contributed by atoms with Crippen LogP contribution in [0.15, 0.2) is 18.2 Å². The average molecular weight is 386 g/mol. The van der Waals surface area contributed by atoms with Gasteiger partial charge in [-0.25, -0.2) is 0 Å². The lowest BCUT2D eigenvalue weighted by Crippen LogP contribution is -2.51. The van der Waals surface area contributed by atoms with E-state index in [-0.39, 0.29) is 23.8 Å². The van der Waals surface area contributed by atoms with E-state index in [0.717, 1.165) is 24.1 Å².